The Kier molecular flexibility index (Phi) is 5.91. The molecule has 7 nitrogen and oxygen atoms in total. The molecule has 0 amide bonds. The highest BCUT2D eigenvalue weighted by Crippen LogP contribution is 2.45. The summed E-state index contributed by atoms with van der Waals surface area (Å²) in [4.78, 5) is 5.50. The van der Waals surface area contributed by atoms with Gasteiger partial charge in [-0.1, -0.05) is 5.16 Å². The van der Waals surface area contributed by atoms with Crippen LogP contribution in [-0.2, 0) is 0 Å². The van der Waals surface area contributed by atoms with Crippen molar-refractivity contribution in [1.82, 2.24) is 9.88 Å². The van der Waals surface area contributed by atoms with Crippen molar-refractivity contribution in [3.05, 3.63) is 41.5 Å². The molecule has 0 aliphatic heterocycles. The molecule has 1 aliphatic carbocycles. The zero-order valence-corrected chi connectivity index (χ0v) is 17.6. The van der Waals surface area contributed by atoms with Crippen molar-refractivity contribution in [2.45, 2.75) is 0 Å². The van der Waals surface area contributed by atoms with Crippen LogP contribution < -0.4 is 14.2 Å². The van der Waals surface area contributed by atoms with Crippen molar-refractivity contribution in [3.8, 4) is 28.5 Å². The Morgan fingerprint density at radius 1 is 1.03 bits per heavy atom. The van der Waals surface area contributed by atoms with Gasteiger partial charge in [0.1, 0.15) is 18.1 Å². The van der Waals surface area contributed by atoms with Gasteiger partial charge in [-0.25, -0.2) is 0 Å². The Bertz CT molecular complexity index is 1080. The van der Waals surface area contributed by atoms with E-state index in [1.807, 2.05) is 44.4 Å². The monoisotopic (exact) mass is 417 g/mol. The smallest absolute Gasteiger partial charge is 0.161 e. The summed E-state index contributed by atoms with van der Waals surface area (Å²) in [5.41, 5.74) is 4.90. The van der Waals surface area contributed by atoms with Crippen molar-refractivity contribution < 1.29 is 19.4 Å². The third-order valence-corrected chi connectivity index (χ3v) is 4.96. The van der Waals surface area contributed by atoms with E-state index in [0.29, 0.717) is 23.8 Å². The maximum Gasteiger partial charge on any atom is 0.161 e. The largest absolute Gasteiger partial charge is 0.493 e. The number of fused-ring (bicyclic) bond motifs is 5. The molecule has 4 rings (SSSR count). The molecule has 0 fully saturated rings. The Morgan fingerprint density at radius 2 is 1.72 bits per heavy atom. The van der Waals surface area contributed by atoms with Crippen molar-refractivity contribution in [2.75, 3.05) is 41.5 Å². The molecule has 0 bridgehead atoms. The molecule has 0 radical (unpaired) electrons. The van der Waals surface area contributed by atoms with E-state index in [2.05, 4.69) is 15.0 Å². The summed E-state index contributed by atoms with van der Waals surface area (Å²) in [6.07, 6.45) is 0. The third kappa shape index (κ3) is 3.47. The standard InChI is InChI=1S/C21H23N3O4.ClH/c1-24(2)7-8-28-12-5-6-16-15(9-12)19-20(22-16)13-10-17(26-3)18(27-4)11-14(13)21(19)23-25;/h5-6,9-11,22,25H,7-8H2,1-4H3;1H/b23-21-;. The van der Waals surface area contributed by atoms with Gasteiger partial charge in [-0.15, -0.1) is 12.4 Å². The molecule has 2 N–H and O–H groups in total. The molecule has 3 aromatic rings. The Hall–Kier alpha value is -2.90. The minimum Gasteiger partial charge on any atom is -0.493 e. The fourth-order valence-corrected chi connectivity index (χ4v) is 3.58. The summed E-state index contributed by atoms with van der Waals surface area (Å²) < 4.78 is 16.7. The second kappa shape index (κ2) is 8.23. The Balaban J connectivity index is 0.00000240. The van der Waals surface area contributed by atoms with Gasteiger partial charge in [-0.2, -0.15) is 0 Å². The van der Waals surface area contributed by atoms with Crippen molar-refractivity contribution in [1.29, 1.82) is 0 Å². The third-order valence-electron chi connectivity index (χ3n) is 4.96. The van der Waals surface area contributed by atoms with Crippen LogP contribution in [-0.4, -0.2) is 62.3 Å². The number of oxime groups is 1. The van der Waals surface area contributed by atoms with Gasteiger partial charge in [0.2, 0.25) is 0 Å². The minimum atomic E-state index is 0. The summed E-state index contributed by atoms with van der Waals surface area (Å²) in [7, 11) is 7.20. The first kappa shape index (κ1) is 20.8. The number of ether oxygens (including phenoxy) is 3. The lowest BCUT2D eigenvalue weighted by atomic mass is 10.1. The normalized spacial score (nSPS) is 13.3. The van der Waals surface area contributed by atoms with Crippen LogP contribution in [0.4, 0.5) is 0 Å². The predicted octanol–water partition coefficient (Wildman–Crippen LogP) is 3.75. The Labute approximate surface area is 175 Å². The lowest BCUT2D eigenvalue weighted by Gasteiger charge is -2.11. The van der Waals surface area contributed by atoms with Crippen LogP contribution in [0.15, 0.2) is 35.5 Å². The maximum absolute atomic E-state index is 9.76. The molecule has 1 aromatic heterocycles. The number of nitrogens with one attached hydrogen (secondary N) is 1. The van der Waals surface area contributed by atoms with Gasteiger partial charge in [0.05, 0.1) is 19.9 Å². The van der Waals surface area contributed by atoms with E-state index < -0.39 is 0 Å². The van der Waals surface area contributed by atoms with E-state index in [9.17, 15) is 5.21 Å². The number of aromatic amines is 1. The molecular weight excluding hydrogens is 394 g/mol. The fourth-order valence-electron chi connectivity index (χ4n) is 3.58. The molecule has 8 heteroatoms. The van der Waals surface area contributed by atoms with Crippen LogP contribution in [0.3, 0.4) is 0 Å². The average molecular weight is 418 g/mol. The molecule has 0 spiro atoms. The highest BCUT2D eigenvalue weighted by atomic mass is 35.5. The number of rotatable bonds is 6. The van der Waals surface area contributed by atoms with Crippen LogP contribution in [0.25, 0.3) is 22.2 Å². The molecule has 2 aromatic carbocycles. The number of halogens is 1. The predicted molar refractivity (Wildman–Crippen MR) is 116 cm³/mol. The zero-order chi connectivity index (χ0) is 19.8. The number of aromatic nitrogens is 1. The first-order valence-corrected chi connectivity index (χ1v) is 8.99. The molecule has 154 valence electrons. The van der Waals surface area contributed by atoms with Crippen LogP contribution in [0.5, 0.6) is 17.2 Å². The fraction of sp³-hybridized carbons (Fsp3) is 0.286. The van der Waals surface area contributed by atoms with Gasteiger partial charge >= 0.3 is 0 Å². The van der Waals surface area contributed by atoms with Crippen molar-refractivity contribution in [3.63, 3.8) is 0 Å². The maximum atomic E-state index is 9.76. The van der Waals surface area contributed by atoms with Crippen LogP contribution in [0.1, 0.15) is 11.1 Å². The molecule has 1 aliphatic rings. The molecule has 0 atom stereocenters. The van der Waals surface area contributed by atoms with Gasteiger partial charge in [-0.05, 0) is 44.4 Å². The van der Waals surface area contributed by atoms with Crippen molar-refractivity contribution >= 4 is 29.0 Å². The first-order chi connectivity index (χ1) is 13.6. The SMILES string of the molecule is COc1cc2c(cc1OC)-c1[nH]c3ccc(OCCN(C)C)cc3c1/C2=N\O.Cl. The number of likely N-dealkylation sites (N-methyl/N-ethyl adjacent to an activating group) is 1. The average Bonchev–Trinajstić information content (AvgIpc) is 3.20. The molecule has 0 unspecified atom stereocenters. The molecular formula is C21H24ClN3O4. The summed E-state index contributed by atoms with van der Waals surface area (Å²) in [6.45, 7) is 1.43. The van der Waals surface area contributed by atoms with E-state index in [1.165, 1.54) is 0 Å². The molecule has 29 heavy (non-hydrogen) atoms. The lowest BCUT2D eigenvalue weighted by Crippen LogP contribution is -2.19. The number of hydrogen-bond donors (Lipinski definition) is 2. The second-order valence-corrected chi connectivity index (χ2v) is 6.94. The van der Waals surface area contributed by atoms with Crippen LogP contribution in [0, 0.1) is 0 Å². The Morgan fingerprint density at radius 3 is 2.34 bits per heavy atom. The highest BCUT2D eigenvalue weighted by Gasteiger charge is 2.31. The van der Waals surface area contributed by atoms with Crippen LogP contribution in [0.2, 0.25) is 0 Å². The minimum absolute atomic E-state index is 0. The van der Waals surface area contributed by atoms with Gasteiger partial charge < -0.3 is 29.3 Å². The molecule has 1 heterocycles. The summed E-state index contributed by atoms with van der Waals surface area (Å²) >= 11 is 0. The second-order valence-electron chi connectivity index (χ2n) is 6.94. The van der Waals surface area contributed by atoms with Gasteiger partial charge in [0, 0.05) is 34.1 Å². The number of nitrogens with zero attached hydrogens (tertiary/aromatic N) is 2. The topological polar surface area (TPSA) is 79.3 Å². The number of H-pyrrole nitrogens is 1. The zero-order valence-electron chi connectivity index (χ0n) is 16.8. The number of hydrogen-bond acceptors (Lipinski definition) is 6. The van der Waals surface area contributed by atoms with Crippen molar-refractivity contribution in [2.24, 2.45) is 5.16 Å². The number of benzene rings is 2. The molecule has 0 saturated carbocycles. The van der Waals surface area contributed by atoms with Gasteiger partial charge in [0.25, 0.3) is 0 Å². The summed E-state index contributed by atoms with van der Waals surface area (Å²) in [5, 5.41) is 14.3. The molecule has 0 saturated heterocycles. The van der Waals surface area contributed by atoms with E-state index in [-0.39, 0.29) is 12.4 Å². The van der Waals surface area contributed by atoms with E-state index in [0.717, 1.165) is 45.6 Å². The van der Waals surface area contributed by atoms with E-state index >= 15 is 0 Å². The number of methoxy groups -OCH3 is 2. The first-order valence-electron chi connectivity index (χ1n) is 8.99. The van der Waals surface area contributed by atoms with E-state index in [1.54, 1.807) is 14.2 Å². The van der Waals surface area contributed by atoms with Gasteiger partial charge in [0.15, 0.2) is 11.5 Å². The summed E-state index contributed by atoms with van der Waals surface area (Å²) in [6, 6.07) is 9.63. The van der Waals surface area contributed by atoms with Crippen LogP contribution >= 0.6 is 12.4 Å². The van der Waals surface area contributed by atoms with Gasteiger partial charge in [-0.3, -0.25) is 0 Å². The highest BCUT2D eigenvalue weighted by molar-refractivity contribution is 6.30. The quantitative estimate of drug-likeness (QED) is 0.369. The lowest BCUT2D eigenvalue weighted by molar-refractivity contribution is 0.261. The summed E-state index contributed by atoms with van der Waals surface area (Å²) in [5.74, 6) is 1.99. The van der Waals surface area contributed by atoms with E-state index in [4.69, 9.17) is 14.2 Å².